The van der Waals surface area contributed by atoms with Crippen LogP contribution >= 0.6 is 0 Å². The quantitative estimate of drug-likeness (QED) is 0.639. The molecule has 2 rings (SSSR count). The number of carbonyl (C=O) groups excluding carboxylic acids is 1. The molecule has 0 N–H and O–H groups in total. The Hall–Kier alpha value is -2.52. The molecular formula is C15H13NO4S. The summed E-state index contributed by atoms with van der Waals surface area (Å²) in [7, 11) is -2.34. The maximum absolute atomic E-state index is 12.0. The first-order valence-corrected chi connectivity index (χ1v) is 7.84. The summed E-state index contributed by atoms with van der Waals surface area (Å²) in [6, 6.07) is 6.26. The van der Waals surface area contributed by atoms with Crippen LogP contribution in [0.25, 0.3) is 5.69 Å². The molecule has 1 aromatic heterocycles. The minimum absolute atomic E-state index is 0.0121. The van der Waals surface area contributed by atoms with Crippen LogP contribution in [0.3, 0.4) is 0 Å². The predicted octanol–water partition coefficient (Wildman–Crippen LogP) is 1.65. The van der Waals surface area contributed by atoms with Crippen LogP contribution in [-0.2, 0) is 14.6 Å². The van der Waals surface area contributed by atoms with E-state index in [9.17, 15) is 13.2 Å². The lowest BCUT2D eigenvalue weighted by Gasteiger charge is -2.13. The highest BCUT2D eigenvalue weighted by Gasteiger charge is 2.21. The lowest BCUT2D eigenvalue weighted by atomic mass is 10.1. The second-order valence-electron chi connectivity index (χ2n) is 4.36. The van der Waals surface area contributed by atoms with E-state index in [0.29, 0.717) is 5.69 Å². The highest BCUT2D eigenvalue weighted by Crippen LogP contribution is 2.25. The van der Waals surface area contributed by atoms with Crippen molar-refractivity contribution in [2.45, 2.75) is 4.90 Å². The zero-order valence-electron chi connectivity index (χ0n) is 11.5. The van der Waals surface area contributed by atoms with Crippen LogP contribution in [0, 0.1) is 12.3 Å². The highest BCUT2D eigenvalue weighted by atomic mass is 32.2. The number of nitrogens with zero attached hydrogens (tertiary/aromatic N) is 1. The average molecular weight is 303 g/mol. The summed E-state index contributed by atoms with van der Waals surface area (Å²) in [5, 5.41) is 0. The first kappa shape index (κ1) is 14.9. The van der Waals surface area contributed by atoms with Gasteiger partial charge in [-0.2, -0.15) is 0 Å². The molecule has 2 aromatic rings. The summed E-state index contributed by atoms with van der Waals surface area (Å²) >= 11 is 0. The fourth-order valence-electron chi connectivity index (χ4n) is 1.96. The third-order valence-corrected chi connectivity index (χ3v) is 4.07. The van der Waals surface area contributed by atoms with Crippen LogP contribution in [0.1, 0.15) is 15.9 Å². The molecule has 0 aliphatic carbocycles. The second-order valence-corrected chi connectivity index (χ2v) is 6.35. The lowest BCUT2D eigenvalue weighted by Crippen LogP contribution is -2.11. The molecule has 0 saturated carbocycles. The van der Waals surface area contributed by atoms with Crippen LogP contribution in [0.4, 0.5) is 0 Å². The van der Waals surface area contributed by atoms with Crippen LogP contribution < -0.4 is 0 Å². The van der Waals surface area contributed by atoms with Gasteiger partial charge in [0.15, 0.2) is 9.84 Å². The van der Waals surface area contributed by atoms with Gasteiger partial charge in [0.25, 0.3) is 0 Å². The number of methoxy groups -OCH3 is 1. The first-order valence-electron chi connectivity index (χ1n) is 5.95. The summed E-state index contributed by atoms with van der Waals surface area (Å²) in [5.74, 6) is 1.71. The Morgan fingerprint density at radius 2 is 1.90 bits per heavy atom. The van der Waals surface area contributed by atoms with E-state index >= 15 is 0 Å². The van der Waals surface area contributed by atoms with Crippen LogP contribution in [-0.4, -0.2) is 32.3 Å². The summed E-state index contributed by atoms with van der Waals surface area (Å²) in [4.78, 5) is 11.8. The van der Waals surface area contributed by atoms with Gasteiger partial charge >= 0.3 is 5.97 Å². The number of esters is 1. The van der Waals surface area contributed by atoms with Crippen molar-refractivity contribution in [2.24, 2.45) is 0 Å². The Morgan fingerprint density at radius 3 is 2.38 bits per heavy atom. The Bertz CT molecular complexity index is 827. The van der Waals surface area contributed by atoms with Gasteiger partial charge in [-0.1, -0.05) is 5.92 Å². The molecule has 0 radical (unpaired) electrons. The SMILES string of the molecule is C#Cc1cc(-n2cccc2)c(S(C)(=O)=O)cc1C(=O)OC. The van der Waals surface area contributed by atoms with Gasteiger partial charge in [0, 0.05) is 24.2 Å². The fourth-order valence-corrected chi connectivity index (χ4v) is 2.84. The number of terminal acetylenes is 1. The van der Waals surface area contributed by atoms with E-state index in [0.717, 1.165) is 6.26 Å². The molecule has 0 aliphatic rings. The number of ether oxygens (including phenoxy) is 1. The van der Waals surface area contributed by atoms with Crippen molar-refractivity contribution >= 4 is 15.8 Å². The van der Waals surface area contributed by atoms with Crippen molar-refractivity contribution in [1.82, 2.24) is 4.57 Å². The molecule has 6 heteroatoms. The van der Waals surface area contributed by atoms with E-state index in [1.807, 2.05) is 0 Å². The van der Waals surface area contributed by atoms with E-state index in [4.69, 9.17) is 6.42 Å². The van der Waals surface area contributed by atoms with E-state index in [1.165, 1.54) is 19.2 Å². The standard InChI is InChI=1S/C15H13NO4S/c1-4-11-9-13(16-7-5-6-8-16)14(21(3,18)19)10-12(11)15(17)20-2/h1,5-10H,2-3H3. The monoisotopic (exact) mass is 303 g/mol. The largest absolute Gasteiger partial charge is 0.465 e. The molecular weight excluding hydrogens is 290 g/mol. The number of benzene rings is 1. The molecule has 0 aliphatic heterocycles. The minimum atomic E-state index is -3.55. The first-order chi connectivity index (χ1) is 9.88. The molecule has 108 valence electrons. The smallest absolute Gasteiger partial charge is 0.339 e. The Kier molecular flexibility index (Phi) is 3.87. The molecule has 0 spiro atoms. The highest BCUT2D eigenvalue weighted by molar-refractivity contribution is 7.90. The predicted molar refractivity (Wildman–Crippen MR) is 78.2 cm³/mol. The molecule has 1 heterocycles. The zero-order chi connectivity index (χ0) is 15.6. The number of aromatic nitrogens is 1. The van der Waals surface area contributed by atoms with Gasteiger partial charge in [-0.05, 0) is 24.3 Å². The molecule has 0 bridgehead atoms. The molecule has 5 nitrogen and oxygen atoms in total. The van der Waals surface area contributed by atoms with Crippen LogP contribution in [0.5, 0.6) is 0 Å². The zero-order valence-corrected chi connectivity index (χ0v) is 12.3. The van der Waals surface area contributed by atoms with Gasteiger partial charge in [0.05, 0.1) is 23.3 Å². The number of sulfone groups is 1. The maximum Gasteiger partial charge on any atom is 0.339 e. The van der Waals surface area contributed by atoms with Crippen molar-refractivity contribution in [1.29, 1.82) is 0 Å². The van der Waals surface area contributed by atoms with Gasteiger partial charge in [-0.15, -0.1) is 6.42 Å². The summed E-state index contributed by atoms with van der Waals surface area (Å²) < 4.78 is 30.3. The van der Waals surface area contributed by atoms with E-state index in [-0.39, 0.29) is 16.0 Å². The summed E-state index contributed by atoms with van der Waals surface area (Å²) in [5.41, 5.74) is 0.720. The molecule has 21 heavy (non-hydrogen) atoms. The Morgan fingerprint density at radius 1 is 1.29 bits per heavy atom. The maximum atomic E-state index is 12.0. The van der Waals surface area contributed by atoms with Crippen molar-refractivity contribution in [3.05, 3.63) is 47.8 Å². The van der Waals surface area contributed by atoms with Gasteiger partial charge in [-0.25, -0.2) is 13.2 Å². The summed E-state index contributed by atoms with van der Waals surface area (Å²) in [6.07, 6.45) is 9.88. The molecule has 0 atom stereocenters. The molecule has 0 amide bonds. The minimum Gasteiger partial charge on any atom is -0.465 e. The van der Waals surface area contributed by atoms with Gasteiger partial charge in [0.2, 0.25) is 0 Å². The van der Waals surface area contributed by atoms with E-state index in [2.05, 4.69) is 10.7 Å². The number of hydrogen-bond donors (Lipinski definition) is 0. The average Bonchev–Trinajstić information content (AvgIpc) is 2.98. The number of rotatable bonds is 3. The van der Waals surface area contributed by atoms with Crippen molar-refractivity contribution in [3.63, 3.8) is 0 Å². The normalized spacial score (nSPS) is 10.9. The third kappa shape index (κ3) is 2.83. The van der Waals surface area contributed by atoms with Crippen molar-refractivity contribution in [3.8, 4) is 18.0 Å². The molecule has 1 aromatic carbocycles. The Labute approximate surface area is 123 Å². The van der Waals surface area contributed by atoms with Crippen molar-refractivity contribution < 1.29 is 17.9 Å². The number of carbonyl (C=O) groups is 1. The van der Waals surface area contributed by atoms with E-state index in [1.54, 1.807) is 29.1 Å². The third-order valence-electron chi connectivity index (χ3n) is 2.94. The van der Waals surface area contributed by atoms with Crippen LogP contribution in [0.2, 0.25) is 0 Å². The topological polar surface area (TPSA) is 65.4 Å². The Balaban J connectivity index is 2.84. The second kappa shape index (κ2) is 5.46. The van der Waals surface area contributed by atoms with Gasteiger partial charge in [0.1, 0.15) is 0 Å². The van der Waals surface area contributed by atoms with Crippen LogP contribution in [0.15, 0.2) is 41.6 Å². The van der Waals surface area contributed by atoms with Gasteiger partial charge in [-0.3, -0.25) is 0 Å². The van der Waals surface area contributed by atoms with Crippen molar-refractivity contribution in [2.75, 3.05) is 13.4 Å². The number of hydrogen-bond acceptors (Lipinski definition) is 4. The molecule has 0 fully saturated rings. The fraction of sp³-hybridized carbons (Fsp3) is 0.133. The van der Waals surface area contributed by atoms with Gasteiger partial charge < -0.3 is 9.30 Å². The molecule has 0 saturated heterocycles. The summed E-state index contributed by atoms with van der Waals surface area (Å²) in [6.45, 7) is 0. The lowest BCUT2D eigenvalue weighted by molar-refractivity contribution is 0.0600. The van der Waals surface area contributed by atoms with E-state index < -0.39 is 15.8 Å². The molecule has 0 unspecified atom stereocenters.